The van der Waals surface area contributed by atoms with Crippen molar-refractivity contribution in [2.75, 3.05) is 20.1 Å². The summed E-state index contributed by atoms with van der Waals surface area (Å²) in [6.45, 7) is 10.6. The number of hydrogen-bond donors (Lipinski definition) is 2. The van der Waals surface area contributed by atoms with Crippen LogP contribution in [0.25, 0.3) is 0 Å². The van der Waals surface area contributed by atoms with Crippen LogP contribution in [0, 0.1) is 6.92 Å². The molecule has 0 atom stereocenters. The maximum Gasteiger partial charge on any atom is 0.191 e. The van der Waals surface area contributed by atoms with Gasteiger partial charge in [-0.1, -0.05) is 43.7 Å². The van der Waals surface area contributed by atoms with Crippen molar-refractivity contribution in [3.05, 3.63) is 52.3 Å². The number of nitrogens with one attached hydrogen (secondary N) is 2. The topological polar surface area (TPSA) is 57.5 Å². The first kappa shape index (κ1) is 25.6. The molecule has 31 heavy (non-hydrogen) atoms. The number of guanidine groups is 1. The first-order valence-electron chi connectivity index (χ1n) is 11.3. The van der Waals surface area contributed by atoms with Gasteiger partial charge < -0.3 is 10.6 Å². The average Bonchev–Trinajstić information content (AvgIpc) is 3.06. The highest BCUT2D eigenvalue weighted by molar-refractivity contribution is 14.0. The van der Waals surface area contributed by atoms with Gasteiger partial charge in [0.1, 0.15) is 0 Å². The van der Waals surface area contributed by atoms with Crippen molar-refractivity contribution in [3.8, 4) is 0 Å². The number of likely N-dealkylation sites (tertiary alicyclic amines) is 1. The minimum absolute atomic E-state index is 0. The highest BCUT2D eigenvalue weighted by Gasteiger charge is 2.20. The van der Waals surface area contributed by atoms with Gasteiger partial charge in [-0.2, -0.15) is 5.10 Å². The van der Waals surface area contributed by atoms with E-state index in [1.807, 2.05) is 18.8 Å². The van der Waals surface area contributed by atoms with Crippen LogP contribution in [0.5, 0.6) is 0 Å². The van der Waals surface area contributed by atoms with Gasteiger partial charge in [0.2, 0.25) is 0 Å². The van der Waals surface area contributed by atoms with E-state index in [-0.39, 0.29) is 24.0 Å². The Morgan fingerprint density at radius 2 is 1.94 bits per heavy atom. The fourth-order valence-electron chi connectivity index (χ4n) is 4.46. The molecule has 1 aromatic heterocycles. The summed E-state index contributed by atoms with van der Waals surface area (Å²) in [7, 11) is 3.89. The van der Waals surface area contributed by atoms with Crippen molar-refractivity contribution in [3.63, 3.8) is 0 Å². The molecule has 172 valence electrons. The SMILES string of the molecule is CCc1nn(C)c(CC)c1CNC(=NC)NC1CCN(Cc2cccc(C)c2)CC1.I. The molecule has 1 saturated heterocycles. The van der Waals surface area contributed by atoms with Crippen LogP contribution in [0.4, 0.5) is 0 Å². The summed E-state index contributed by atoms with van der Waals surface area (Å²) < 4.78 is 2.02. The summed E-state index contributed by atoms with van der Waals surface area (Å²) in [6, 6.07) is 9.32. The summed E-state index contributed by atoms with van der Waals surface area (Å²) in [5, 5.41) is 11.8. The number of aliphatic imine (C=N–C) groups is 1. The molecule has 2 heterocycles. The highest BCUT2D eigenvalue weighted by Crippen LogP contribution is 2.16. The van der Waals surface area contributed by atoms with Gasteiger partial charge in [0.05, 0.1) is 5.69 Å². The normalized spacial score (nSPS) is 15.6. The van der Waals surface area contributed by atoms with Crippen LogP contribution in [0.15, 0.2) is 29.3 Å². The summed E-state index contributed by atoms with van der Waals surface area (Å²) in [5.41, 5.74) is 6.55. The lowest BCUT2D eigenvalue weighted by Crippen LogP contribution is -2.48. The fourth-order valence-corrected chi connectivity index (χ4v) is 4.46. The number of piperidine rings is 1. The quantitative estimate of drug-likeness (QED) is 0.320. The van der Waals surface area contributed by atoms with E-state index in [0.29, 0.717) is 6.04 Å². The van der Waals surface area contributed by atoms with Gasteiger partial charge >= 0.3 is 0 Å². The standard InChI is InChI=1S/C24H38N6.HI/c1-6-22-21(23(7-2)29(5)28-22)16-26-24(25-4)27-20-11-13-30(14-12-20)17-19-10-8-9-18(3)15-19;/h8-10,15,20H,6-7,11-14,16-17H2,1-5H3,(H2,25,26,27);1H. The number of aromatic nitrogens is 2. The van der Waals surface area contributed by atoms with E-state index in [0.717, 1.165) is 57.8 Å². The lowest BCUT2D eigenvalue weighted by atomic mass is 10.0. The monoisotopic (exact) mass is 538 g/mol. The molecule has 3 rings (SSSR count). The third-order valence-corrected chi connectivity index (χ3v) is 6.10. The molecule has 0 bridgehead atoms. The van der Waals surface area contributed by atoms with Crippen molar-refractivity contribution in [2.45, 2.75) is 65.6 Å². The highest BCUT2D eigenvalue weighted by atomic mass is 127. The zero-order chi connectivity index (χ0) is 21.5. The van der Waals surface area contributed by atoms with Crippen LogP contribution in [0.1, 0.15) is 54.8 Å². The molecule has 6 nitrogen and oxygen atoms in total. The molecule has 0 aliphatic carbocycles. The third kappa shape index (κ3) is 6.94. The van der Waals surface area contributed by atoms with Crippen LogP contribution in [0.3, 0.4) is 0 Å². The van der Waals surface area contributed by atoms with Crippen molar-refractivity contribution >= 4 is 29.9 Å². The minimum Gasteiger partial charge on any atom is -0.354 e. The zero-order valence-corrected chi connectivity index (χ0v) is 22.1. The molecule has 2 aromatic rings. The number of rotatable bonds is 7. The van der Waals surface area contributed by atoms with Crippen molar-refractivity contribution < 1.29 is 0 Å². The second kappa shape index (κ2) is 12.4. The van der Waals surface area contributed by atoms with E-state index >= 15 is 0 Å². The smallest absolute Gasteiger partial charge is 0.191 e. The van der Waals surface area contributed by atoms with Gasteiger partial charge in [-0.15, -0.1) is 24.0 Å². The van der Waals surface area contributed by atoms with Gasteiger partial charge in [0, 0.05) is 57.6 Å². The Hall–Kier alpha value is -1.61. The predicted molar refractivity (Wildman–Crippen MR) is 140 cm³/mol. The van der Waals surface area contributed by atoms with E-state index in [4.69, 9.17) is 0 Å². The maximum absolute atomic E-state index is 4.68. The molecular formula is C24H39IN6. The molecule has 0 saturated carbocycles. The molecule has 0 unspecified atom stereocenters. The van der Waals surface area contributed by atoms with Crippen molar-refractivity contribution in [2.24, 2.45) is 12.0 Å². The van der Waals surface area contributed by atoms with Crippen molar-refractivity contribution in [1.29, 1.82) is 0 Å². The van der Waals surface area contributed by atoms with Crippen molar-refractivity contribution in [1.82, 2.24) is 25.3 Å². The molecule has 0 radical (unpaired) electrons. The molecule has 1 aliphatic rings. The van der Waals surface area contributed by atoms with Crippen LogP contribution in [-0.4, -0.2) is 46.8 Å². The van der Waals surface area contributed by atoms with Crippen LogP contribution in [0.2, 0.25) is 0 Å². The Morgan fingerprint density at radius 1 is 1.19 bits per heavy atom. The van der Waals surface area contributed by atoms with Gasteiger partial charge in [-0.3, -0.25) is 14.6 Å². The van der Waals surface area contributed by atoms with E-state index in [9.17, 15) is 0 Å². The first-order chi connectivity index (χ1) is 14.5. The van der Waals surface area contributed by atoms with Gasteiger partial charge in [0.25, 0.3) is 0 Å². The Bertz CT molecular complexity index is 852. The zero-order valence-electron chi connectivity index (χ0n) is 19.7. The Balaban J connectivity index is 0.00000341. The molecule has 1 aliphatic heterocycles. The molecule has 1 fully saturated rings. The van der Waals surface area contributed by atoms with Crippen LogP contribution >= 0.6 is 24.0 Å². The Morgan fingerprint density at radius 3 is 2.55 bits per heavy atom. The fraction of sp³-hybridized carbons (Fsp3) is 0.583. The minimum atomic E-state index is 0. The molecule has 2 N–H and O–H groups in total. The number of nitrogens with zero attached hydrogens (tertiary/aromatic N) is 4. The van der Waals surface area contributed by atoms with E-state index in [1.165, 1.54) is 28.1 Å². The van der Waals surface area contributed by atoms with Gasteiger partial charge in [0.15, 0.2) is 5.96 Å². The second-order valence-corrected chi connectivity index (χ2v) is 8.31. The van der Waals surface area contributed by atoms with Crippen LogP contribution < -0.4 is 10.6 Å². The Labute approximate surface area is 204 Å². The summed E-state index contributed by atoms with van der Waals surface area (Å²) in [6.07, 6.45) is 4.22. The summed E-state index contributed by atoms with van der Waals surface area (Å²) in [5.74, 6) is 0.889. The third-order valence-electron chi connectivity index (χ3n) is 6.10. The van der Waals surface area contributed by atoms with E-state index in [1.54, 1.807) is 0 Å². The number of benzene rings is 1. The van der Waals surface area contributed by atoms with Gasteiger partial charge in [-0.25, -0.2) is 0 Å². The van der Waals surface area contributed by atoms with Gasteiger partial charge in [-0.05, 0) is 38.2 Å². The average molecular weight is 539 g/mol. The predicted octanol–water partition coefficient (Wildman–Crippen LogP) is 3.80. The van der Waals surface area contributed by atoms with Crippen LogP contribution in [-0.2, 0) is 33.0 Å². The molecule has 7 heteroatoms. The molecule has 1 aromatic carbocycles. The van der Waals surface area contributed by atoms with E-state index in [2.05, 4.69) is 70.7 Å². The summed E-state index contributed by atoms with van der Waals surface area (Å²) >= 11 is 0. The lowest BCUT2D eigenvalue weighted by Gasteiger charge is -2.33. The molecular weight excluding hydrogens is 499 g/mol. The number of halogens is 1. The number of hydrogen-bond acceptors (Lipinski definition) is 3. The first-order valence-corrected chi connectivity index (χ1v) is 11.3. The van der Waals surface area contributed by atoms with E-state index < -0.39 is 0 Å². The lowest BCUT2D eigenvalue weighted by molar-refractivity contribution is 0.198. The Kier molecular flexibility index (Phi) is 10.3. The molecule has 0 amide bonds. The number of aryl methyl sites for hydroxylation is 3. The maximum atomic E-state index is 4.68. The largest absolute Gasteiger partial charge is 0.354 e. The summed E-state index contributed by atoms with van der Waals surface area (Å²) in [4.78, 5) is 7.02. The second-order valence-electron chi connectivity index (χ2n) is 8.31. The molecule has 0 spiro atoms.